The highest BCUT2D eigenvalue weighted by molar-refractivity contribution is 5.99. The van der Waals surface area contributed by atoms with Crippen molar-refractivity contribution >= 4 is 23.4 Å². The molecule has 2 saturated heterocycles. The second kappa shape index (κ2) is 13.8. The normalized spacial score (nSPS) is 16.7. The Morgan fingerprint density at radius 2 is 1.56 bits per heavy atom. The predicted molar refractivity (Wildman–Crippen MR) is 174 cm³/mol. The molecule has 0 radical (unpaired) electrons. The van der Waals surface area contributed by atoms with Crippen LogP contribution in [0.3, 0.4) is 0 Å². The molecule has 0 aliphatic carbocycles. The molecule has 8 nitrogen and oxygen atoms in total. The molecule has 0 saturated carbocycles. The number of nitrogens with zero attached hydrogens (tertiary/aromatic N) is 4. The molecule has 0 atom stereocenters. The maximum Gasteiger partial charge on any atom is 0.324 e. The highest BCUT2D eigenvalue weighted by atomic mass is 16.2. The van der Waals surface area contributed by atoms with Crippen LogP contribution >= 0.6 is 0 Å². The van der Waals surface area contributed by atoms with Crippen LogP contribution in [0.15, 0.2) is 54.6 Å². The Morgan fingerprint density at radius 1 is 0.884 bits per heavy atom. The number of carbonyl (C=O) groups is 2. The van der Waals surface area contributed by atoms with Gasteiger partial charge < -0.3 is 15.1 Å². The fraction of sp³-hybridized carbons (Fsp3) is 0.514. The van der Waals surface area contributed by atoms with Crippen LogP contribution in [0.1, 0.15) is 76.1 Å². The summed E-state index contributed by atoms with van der Waals surface area (Å²) in [6.45, 7) is 13.3. The Balaban J connectivity index is 1.11. The van der Waals surface area contributed by atoms with Crippen molar-refractivity contribution in [3.63, 3.8) is 0 Å². The van der Waals surface area contributed by atoms with E-state index in [0.717, 1.165) is 69.1 Å². The maximum absolute atomic E-state index is 13.0. The summed E-state index contributed by atoms with van der Waals surface area (Å²) in [5, 5.41) is 10.8. The van der Waals surface area contributed by atoms with Crippen molar-refractivity contribution in [3.05, 3.63) is 71.4 Å². The Morgan fingerprint density at radius 3 is 2.21 bits per heavy atom. The van der Waals surface area contributed by atoms with Gasteiger partial charge in [0.25, 0.3) is 0 Å². The fourth-order valence-corrected chi connectivity index (χ4v) is 6.04. The van der Waals surface area contributed by atoms with Crippen molar-refractivity contribution in [2.75, 3.05) is 43.4 Å². The molecule has 2 aliphatic rings. The van der Waals surface area contributed by atoms with Gasteiger partial charge in [0.15, 0.2) is 0 Å². The second-order valence-corrected chi connectivity index (χ2v) is 13.4. The van der Waals surface area contributed by atoms with Crippen LogP contribution in [0.2, 0.25) is 0 Å². The zero-order valence-electron chi connectivity index (χ0n) is 26.4. The quantitative estimate of drug-likeness (QED) is 0.306. The summed E-state index contributed by atoms with van der Waals surface area (Å²) in [5.74, 6) is 1.51. The number of amides is 3. The van der Waals surface area contributed by atoms with Crippen LogP contribution in [0.4, 0.5) is 16.3 Å². The summed E-state index contributed by atoms with van der Waals surface area (Å²) >= 11 is 0. The monoisotopic (exact) mass is 584 g/mol. The van der Waals surface area contributed by atoms with E-state index in [1.54, 1.807) is 4.68 Å². The number of piperidine rings is 2. The van der Waals surface area contributed by atoms with Crippen molar-refractivity contribution in [2.45, 2.75) is 78.1 Å². The lowest BCUT2D eigenvalue weighted by molar-refractivity contribution is -0.133. The third kappa shape index (κ3) is 8.47. The smallest absolute Gasteiger partial charge is 0.324 e. The number of aryl methyl sites for hydroxylation is 1. The Bertz CT molecular complexity index is 1360. The molecule has 5 rings (SSSR count). The van der Waals surface area contributed by atoms with E-state index in [1.807, 2.05) is 42.5 Å². The molecule has 8 heteroatoms. The number of nitrogens with one attached hydrogen (secondary N) is 2. The molecule has 3 aromatic rings. The molecule has 0 bridgehead atoms. The first-order chi connectivity index (χ1) is 20.6. The second-order valence-electron chi connectivity index (χ2n) is 13.4. The number of rotatable bonds is 8. The summed E-state index contributed by atoms with van der Waals surface area (Å²) in [6.07, 6.45) is 7.60. The van der Waals surface area contributed by atoms with Gasteiger partial charge in [0.1, 0.15) is 5.82 Å². The molecule has 3 heterocycles. The Kier molecular flexibility index (Phi) is 9.86. The van der Waals surface area contributed by atoms with Gasteiger partial charge in [-0.1, -0.05) is 57.0 Å². The van der Waals surface area contributed by atoms with Gasteiger partial charge in [-0.15, -0.1) is 0 Å². The van der Waals surface area contributed by atoms with Crippen LogP contribution in [0.5, 0.6) is 0 Å². The van der Waals surface area contributed by atoms with E-state index in [-0.39, 0.29) is 11.4 Å². The fourth-order valence-electron chi connectivity index (χ4n) is 6.04. The molecule has 2 aliphatic heterocycles. The predicted octanol–water partition coefficient (Wildman–Crippen LogP) is 6.78. The maximum atomic E-state index is 13.0. The molecule has 230 valence electrons. The molecule has 0 spiro atoms. The van der Waals surface area contributed by atoms with E-state index >= 15 is 0 Å². The van der Waals surface area contributed by atoms with E-state index in [9.17, 15) is 9.59 Å². The molecule has 1 aromatic heterocycles. The first-order valence-corrected chi connectivity index (χ1v) is 16.0. The highest BCUT2D eigenvalue weighted by Crippen LogP contribution is 2.27. The summed E-state index contributed by atoms with van der Waals surface area (Å²) in [6, 6.07) is 17.9. The number of hydrogen-bond acceptors (Lipinski definition) is 4. The van der Waals surface area contributed by atoms with Crippen molar-refractivity contribution in [1.29, 1.82) is 0 Å². The molecule has 2 aromatic carbocycles. The summed E-state index contributed by atoms with van der Waals surface area (Å²) in [5.41, 5.74) is 4.81. The van der Waals surface area contributed by atoms with Crippen molar-refractivity contribution in [2.24, 2.45) is 5.92 Å². The highest BCUT2D eigenvalue weighted by Gasteiger charge is 2.24. The number of hydrogen-bond donors (Lipinski definition) is 2. The number of urea groups is 1. The summed E-state index contributed by atoms with van der Waals surface area (Å²) in [7, 11) is 0. The largest absolute Gasteiger partial charge is 0.343 e. The number of benzene rings is 2. The summed E-state index contributed by atoms with van der Waals surface area (Å²) in [4.78, 5) is 30.3. The van der Waals surface area contributed by atoms with Crippen LogP contribution in [-0.4, -0.2) is 64.2 Å². The lowest BCUT2D eigenvalue weighted by Crippen LogP contribution is -2.41. The third-order valence-corrected chi connectivity index (χ3v) is 8.79. The molecule has 0 unspecified atom stereocenters. The lowest BCUT2D eigenvalue weighted by atomic mass is 9.90. The number of aromatic nitrogens is 2. The van der Waals surface area contributed by atoms with Gasteiger partial charge in [0.05, 0.1) is 11.4 Å². The zero-order chi connectivity index (χ0) is 30.4. The van der Waals surface area contributed by atoms with Crippen LogP contribution in [0.25, 0.3) is 5.69 Å². The molecule has 43 heavy (non-hydrogen) atoms. The molecule has 3 amide bonds. The van der Waals surface area contributed by atoms with Crippen LogP contribution in [0, 0.1) is 12.8 Å². The topological polar surface area (TPSA) is 82.5 Å². The van der Waals surface area contributed by atoms with Gasteiger partial charge in [0, 0.05) is 43.2 Å². The average Bonchev–Trinajstić information content (AvgIpc) is 3.42. The molecule has 2 fully saturated rings. The average molecular weight is 585 g/mol. The van der Waals surface area contributed by atoms with Gasteiger partial charge >= 0.3 is 6.03 Å². The molecular weight excluding hydrogens is 536 g/mol. The molecule has 2 N–H and O–H groups in total. The van der Waals surface area contributed by atoms with Crippen LogP contribution < -0.4 is 10.6 Å². The SMILES string of the molecule is Cc1ccc(-n2nc(C(C)(C)C)cc2NC(=O)Nc2ccc(CC3CCN(C(=O)CCN4CCCCC4)CC3)cc2)cc1. The standard InChI is InChI=1S/C35H48N6O2/c1-26-8-14-30(15-9-26)41-32(25-31(38-41)35(2,3)4)37-34(43)36-29-12-10-27(11-13-29)24-28-16-22-40(23-17-28)33(42)18-21-39-19-6-5-7-20-39/h8-15,25,28H,5-7,16-24H2,1-4H3,(H2,36,37,43). The van der Waals surface area contributed by atoms with Crippen molar-refractivity contribution < 1.29 is 9.59 Å². The van der Waals surface area contributed by atoms with E-state index in [2.05, 4.69) is 60.3 Å². The van der Waals surface area contributed by atoms with Crippen molar-refractivity contribution in [3.8, 4) is 5.69 Å². The van der Waals surface area contributed by atoms with E-state index in [1.165, 1.54) is 30.4 Å². The third-order valence-electron chi connectivity index (χ3n) is 8.79. The molecular formula is C35H48N6O2. The van der Waals surface area contributed by atoms with Gasteiger partial charge in [-0.05, 0) is 87.9 Å². The number of carbonyl (C=O) groups excluding carboxylic acids is 2. The van der Waals surface area contributed by atoms with E-state index in [4.69, 9.17) is 5.10 Å². The first-order valence-electron chi connectivity index (χ1n) is 16.0. The first kappa shape index (κ1) is 30.8. The number of anilines is 2. The summed E-state index contributed by atoms with van der Waals surface area (Å²) < 4.78 is 1.79. The zero-order valence-corrected chi connectivity index (χ0v) is 26.4. The van der Waals surface area contributed by atoms with E-state index in [0.29, 0.717) is 24.1 Å². The number of likely N-dealkylation sites (tertiary alicyclic amines) is 2. The Hall–Kier alpha value is -3.65. The van der Waals surface area contributed by atoms with Gasteiger partial charge in [-0.25, -0.2) is 9.48 Å². The van der Waals surface area contributed by atoms with Crippen molar-refractivity contribution in [1.82, 2.24) is 19.6 Å². The minimum atomic E-state index is -0.307. The van der Waals surface area contributed by atoms with E-state index < -0.39 is 0 Å². The Labute approximate surface area is 256 Å². The minimum Gasteiger partial charge on any atom is -0.343 e. The van der Waals surface area contributed by atoms with Gasteiger partial charge in [-0.2, -0.15) is 5.10 Å². The minimum absolute atomic E-state index is 0.155. The van der Waals surface area contributed by atoms with Crippen LogP contribution in [-0.2, 0) is 16.6 Å². The lowest BCUT2D eigenvalue weighted by Gasteiger charge is -2.33. The van der Waals surface area contributed by atoms with Gasteiger partial charge in [0.2, 0.25) is 5.91 Å². The van der Waals surface area contributed by atoms with Gasteiger partial charge in [-0.3, -0.25) is 10.1 Å².